The highest BCUT2D eigenvalue weighted by Gasteiger charge is 2.40. The monoisotopic (exact) mass is 466 g/mol. The SMILES string of the molecule is O=C(NCCC1CC2CCC(C1)N2Cc1ccccc1)OCC1c2ccccc2-c2ccccc21. The number of fused-ring (bicyclic) bond motifs is 5. The minimum absolute atomic E-state index is 0.109. The number of piperidine rings is 1. The molecule has 35 heavy (non-hydrogen) atoms. The van der Waals surface area contributed by atoms with Crippen molar-refractivity contribution in [2.24, 2.45) is 5.92 Å². The van der Waals surface area contributed by atoms with Crippen LogP contribution in [0.15, 0.2) is 78.9 Å². The summed E-state index contributed by atoms with van der Waals surface area (Å²) in [5, 5.41) is 3.03. The van der Waals surface area contributed by atoms with Gasteiger partial charge in [0.1, 0.15) is 6.61 Å². The Kier molecular flexibility index (Phi) is 6.30. The third-order valence-corrected chi connectivity index (χ3v) is 8.36. The first-order valence-electron chi connectivity index (χ1n) is 13.1. The lowest BCUT2D eigenvalue weighted by atomic mass is 9.88. The van der Waals surface area contributed by atoms with Gasteiger partial charge in [-0.2, -0.15) is 0 Å². The Morgan fingerprint density at radius 1 is 0.829 bits per heavy atom. The van der Waals surface area contributed by atoms with Crippen LogP contribution in [0.4, 0.5) is 4.79 Å². The summed E-state index contributed by atoms with van der Waals surface area (Å²) in [5.41, 5.74) is 6.42. The van der Waals surface area contributed by atoms with E-state index in [0.29, 0.717) is 31.2 Å². The zero-order valence-electron chi connectivity index (χ0n) is 20.2. The highest BCUT2D eigenvalue weighted by atomic mass is 16.5. The van der Waals surface area contributed by atoms with Gasteiger partial charge in [-0.15, -0.1) is 0 Å². The van der Waals surface area contributed by atoms with Crippen LogP contribution in [-0.2, 0) is 11.3 Å². The van der Waals surface area contributed by atoms with Crippen LogP contribution >= 0.6 is 0 Å². The molecule has 2 aliphatic heterocycles. The molecule has 3 aliphatic rings. The van der Waals surface area contributed by atoms with Crippen LogP contribution in [0.25, 0.3) is 11.1 Å². The third-order valence-electron chi connectivity index (χ3n) is 8.36. The summed E-state index contributed by atoms with van der Waals surface area (Å²) in [4.78, 5) is 15.2. The maximum Gasteiger partial charge on any atom is 0.407 e. The molecule has 6 rings (SSSR count). The van der Waals surface area contributed by atoms with Gasteiger partial charge in [-0.1, -0.05) is 78.9 Å². The Morgan fingerprint density at radius 2 is 1.43 bits per heavy atom. The zero-order valence-corrected chi connectivity index (χ0v) is 20.2. The molecule has 0 radical (unpaired) electrons. The summed E-state index contributed by atoms with van der Waals surface area (Å²) in [7, 11) is 0. The fraction of sp³-hybridized carbons (Fsp3) is 0.387. The van der Waals surface area contributed by atoms with Gasteiger partial charge in [-0.3, -0.25) is 4.90 Å². The van der Waals surface area contributed by atoms with Crippen LogP contribution in [0.5, 0.6) is 0 Å². The molecule has 2 unspecified atom stereocenters. The van der Waals surface area contributed by atoms with Gasteiger partial charge in [0.25, 0.3) is 0 Å². The molecule has 3 aromatic rings. The van der Waals surface area contributed by atoms with Crippen LogP contribution in [0.2, 0.25) is 0 Å². The van der Waals surface area contributed by atoms with Crippen molar-refractivity contribution in [1.29, 1.82) is 0 Å². The molecular weight excluding hydrogens is 432 g/mol. The van der Waals surface area contributed by atoms with Gasteiger partial charge in [-0.25, -0.2) is 4.79 Å². The number of nitrogens with zero attached hydrogens (tertiary/aromatic N) is 1. The molecule has 2 atom stereocenters. The molecule has 2 fully saturated rings. The fourth-order valence-electron chi connectivity index (χ4n) is 6.70. The maximum absolute atomic E-state index is 12.5. The van der Waals surface area contributed by atoms with Crippen LogP contribution in [0.3, 0.4) is 0 Å². The molecular formula is C31H34N2O2. The number of alkyl carbamates (subject to hydrolysis) is 1. The predicted molar refractivity (Wildman–Crippen MR) is 139 cm³/mol. The largest absolute Gasteiger partial charge is 0.449 e. The Labute approximate surface area is 208 Å². The van der Waals surface area contributed by atoms with Gasteiger partial charge in [0.15, 0.2) is 0 Å². The molecule has 4 nitrogen and oxygen atoms in total. The van der Waals surface area contributed by atoms with Gasteiger partial charge in [-0.05, 0) is 65.8 Å². The molecule has 3 aromatic carbocycles. The molecule has 0 aromatic heterocycles. The molecule has 2 saturated heterocycles. The minimum atomic E-state index is -0.295. The van der Waals surface area contributed by atoms with E-state index in [0.717, 1.165) is 13.0 Å². The first-order chi connectivity index (χ1) is 17.3. The van der Waals surface area contributed by atoms with Crippen molar-refractivity contribution in [2.75, 3.05) is 13.2 Å². The summed E-state index contributed by atoms with van der Waals surface area (Å²) in [6, 6.07) is 29.1. The molecule has 4 heteroatoms. The van der Waals surface area contributed by atoms with E-state index in [1.807, 2.05) is 0 Å². The van der Waals surface area contributed by atoms with E-state index in [-0.39, 0.29) is 12.0 Å². The quantitative estimate of drug-likeness (QED) is 0.441. The van der Waals surface area contributed by atoms with E-state index in [4.69, 9.17) is 4.74 Å². The second-order valence-corrected chi connectivity index (χ2v) is 10.4. The second-order valence-electron chi connectivity index (χ2n) is 10.4. The number of rotatable bonds is 7. The van der Waals surface area contributed by atoms with E-state index >= 15 is 0 Å². The number of benzene rings is 3. The summed E-state index contributed by atoms with van der Waals surface area (Å²) in [6.45, 7) is 2.14. The average molecular weight is 467 g/mol. The number of carbonyl (C=O) groups excluding carboxylic acids is 1. The number of ether oxygens (including phenoxy) is 1. The lowest BCUT2D eigenvalue weighted by Crippen LogP contribution is -2.43. The summed E-state index contributed by atoms with van der Waals surface area (Å²) >= 11 is 0. The van der Waals surface area contributed by atoms with Crippen LogP contribution in [0.1, 0.15) is 54.7 Å². The average Bonchev–Trinajstić information content (AvgIpc) is 3.32. The lowest BCUT2D eigenvalue weighted by molar-refractivity contribution is 0.0921. The standard InChI is InChI=1S/C31H34N2O2/c34-31(35-21-30-28-12-6-4-10-26(28)27-11-5-7-13-29(27)30)32-17-16-23-18-24-14-15-25(19-23)33(24)20-22-8-2-1-3-9-22/h1-13,23-25,30H,14-21H2,(H,32,34). The maximum atomic E-state index is 12.5. The molecule has 2 bridgehead atoms. The summed E-state index contributed by atoms with van der Waals surface area (Å²) in [6.07, 6.45) is 5.86. The number of carbonyl (C=O) groups is 1. The first kappa shape index (κ1) is 22.4. The van der Waals surface area contributed by atoms with E-state index < -0.39 is 0 Å². The van der Waals surface area contributed by atoms with Crippen molar-refractivity contribution in [1.82, 2.24) is 10.2 Å². The number of nitrogens with one attached hydrogen (secondary N) is 1. The Morgan fingerprint density at radius 3 is 2.09 bits per heavy atom. The van der Waals surface area contributed by atoms with Crippen molar-refractivity contribution in [3.05, 3.63) is 95.6 Å². The van der Waals surface area contributed by atoms with Gasteiger partial charge in [0, 0.05) is 31.1 Å². The van der Waals surface area contributed by atoms with Crippen LogP contribution in [0, 0.1) is 5.92 Å². The molecule has 180 valence electrons. The topological polar surface area (TPSA) is 41.6 Å². The smallest absolute Gasteiger partial charge is 0.407 e. The van der Waals surface area contributed by atoms with Gasteiger partial charge >= 0.3 is 6.09 Å². The zero-order chi connectivity index (χ0) is 23.6. The van der Waals surface area contributed by atoms with Gasteiger partial charge < -0.3 is 10.1 Å². The number of hydrogen-bond acceptors (Lipinski definition) is 3. The number of amides is 1. The van der Waals surface area contributed by atoms with E-state index in [2.05, 4.69) is 89.1 Å². The minimum Gasteiger partial charge on any atom is -0.449 e. The van der Waals surface area contributed by atoms with E-state index in [1.54, 1.807) is 0 Å². The Balaban J connectivity index is 0.976. The van der Waals surface area contributed by atoms with Crippen molar-refractivity contribution in [3.63, 3.8) is 0 Å². The summed E-state index contributed by atoms with van der Waals surface area (Å²) < 4.78 is 5.71. The van der Waals surface area contributed by atoms with Crippen molar-refractivity contribution in [3.8, 4) is 11.1 Å². The lowest BCUT2D eigenvalue weighted by Gasteiger charge is -2.39. The Hall–Kier alpha value is -3.11. The second kappa shape index (κ2) is 9.87. The van der Waals surface area contributed by atoms with E-state index in [1.165, 1.54) is 53.5 Å². The first-order valence-corrected chi connectivity index (χ1v) is 13.1. The molecule has 1 aliphatic carbocycles. The molecule has 1 amide bonds. The highest BCUT2D eigenvalue weighted by Crippen LogP contribution is 2.44. The van der Waals surface area contributed by atoms with Gasteiger partial charge in [0.2, 0.25) is 0 Å². The number of hydrogen-bond donors (Lipinski definition) is 1. The molecule has 2 heterocycles. The van der Waals surface area contributed by atoms with E-state index in [9.17, 15) is 4.79 Å². The van der Waals surface area contributed by atoms with Crippen LogP contribution in [-0.4, -0.2) is 36.2 Å². The molecule has 1 N–H and O–H groups in total. The fourth-order valence-corrected chi connectivity index (χ4v) is 6.70. The van der Waals surface area contributed by atoms with Crippen LogP contribution < -0.4 is 5.32 Å². The normalized spacial score (nSPS) is 23.0. The van der Waals surface area contributed by atoms with Crippen molar-refractivity contribution >= 4 is 6.09 Å². The van der Waals surface area contributed by atoms with Crippen molar-refractivity contribution in [2.45, 2.75) is 56.7 Å². The third kappa shape index (κ3) is 4.60. The van der Waals surface area contributed by atoms with Gasteiger partial charge in [0.05, 0.1) is 0 Å². The predicted octanol–water partition coefficient (Wildman–Crippen LogP) is 6.36. The molecule has 0 saturated carbocycles. The summed E-state index contributed by atoms with van der Waals surface area (Å²) in [5.74, 6) is 0.797. The Bertz CT molecular complexity index is 1120. The molecule has 0 spiro atoms. The van der Waals surface area contributed by atoms with Crippen molar-refractivity contribution < 1.29 is 9.53 Å². The highest BCUT2D eigenvalue weighted by molar-refractivity contribution is 5.79.